The van der Waals surface area contributed by atoms with E-state index >= 15 is 4.39 Å². The summed E-state index contributed by atoms with van der Waals surface area (Å²) < 4.78 is 61.5. The number of hydrogen-bond donors (Lipinski definition) is 1. The number of aromatic nitrogens is 4. The Morgan fingerprint density at radius 3 is 2.91 bits per heavy atom. The fraction of sp³-hybridized carbons (Fsp3) is 0.647. The fourth-order valence-corrected chi connectivity index (χ4v) is 4.97. The number of ether oxygens (including phenoxy) is 3. The summed E-state index contributed by atoms with van der Waals surface area (Å²) in [6, 6.07) is 0. The molecule has 2 N–H and O–H groups in total. The van der Waals surface area contributed by atoms with Crippen LogP contribution in [0, 0.1) is 0 Å². The van der Waals surface area contributed by atoms with Crippen LogP contribution in [0.15, 0.2) is 6.33 Å². The summed E-state index contributed by atoms with van der Waals surface area (Å²) in [7, 11) is -4.23. The molecule has 2 fully saturated rings. The van der Waals surface area contributed by atoms with Gasteiger partial charge in [-0.25, -0.2) is 18.7 Å². The van der Waals surface area contributed by atoms with Crippen LogP contribution in [-0.4, -0.2) is 69.8 Å². The van der Waals surface area contributed by atoms with Crippen LogP contribution in [-0.2, 0) is 32.4 Å². The largest absolute Gasteiger partial charge is 0.476 e. The molecule has 0 aromatic carbocycles. The number of nitrogen functional groups attached to an aromatic ring is 1. The molecule has 0 unspecified atom stereocenters. The third kappa shape index (κ3) is 4.04. The van der Waals surface area contributed by atoms with Crippen LogP contribution in [0.1, 0.15) is 27.0 Å². The zero-order valence-electron chi connectivity index (χ0n) is 17.6. The highest BCUT2D eigenvalue weighted by molar-refractivity contribution is 7.48. The van der Waals surface area contributed by atoms with Gasteiger partial charge in [0.15, 0.2) is 29.7 Å². The van der Waals surface area contributed by atoms with E-state index in [1.807, 2.05) is 0 Å². The van der Waals surface area contributed by atoms with Gasteiger partial charge in [-0.3, -0.25) is 18.1 Å². The Labute approximate surface area is 181 Å². The second kappa shape index (κ2) is 8.52. The van der Waals surface area contributed by atoms with E-state index in [0.717, 1.165) is 0 Å². The lowest BCUT2D eigenvalue weighted by atomic mass is 9.98. The third-order valence-corrected chi connectivity index (χ3v) is 6.30. The van der Waals surface area contributed by atoms with Crippen LogP contribution in [0.3, 0.4) is 0 Å². The van der Waals surface area contributed by atoms with Crippen molar-refractivity contribution < 1.29 is 41.5 Å². The molecular formula is C17H23FN5O8P. The minimum atomic E-state index is -4.23. The standard InChI is InChI=1S/C17H23FN5O8P/c1-4-26-10(24)7-29-32(25)28-6-9-12(31-32)17(3,18)15(30-9)23-8-20-11-13(23)21-16(19)22-14(11)27-5-2/h8-9,12,15H,4-7H2,1-3H3,(H2,19,21,22)/t9-,12-,15-,17-,32-/m1/s1. The molecule has 176 valence electrons. The highest BCUT2D eigenvalue weighted by atomic mass is 31.2. The van der Waals surface area contributed by atoms with Crippen LogP contribution in [0.5, 0.6) is 5.88 Å². The van der Waals surface area contributed by atoms with Crippen LogP contribution in [0.4, 0.5) is 10.3 Å². The molecule has 2 aliphatic heterocycles. The van der Waals surface area contributed by atoms with Crippen molar-refractivity contribution in [3.05, 3.63) is 6.33 Å². The molecular weight excluding hydrogens is 452 g/mol. The zero-order valence-corrected chi connectivity index (χ0v) is 18.5. The van der Waals surface area contributed by atoms with Crippen molar-refractivity contribution in [2.75, 3.05) is 32.2 Å². The minimum Gasteiger partial charge on any atom is -0.476 e. The van der Waals surface area contributed by atoms with E-state index in [0.29, 0.717) is 6.61 Å². The maximum atomic E-state index is 16.0. The molecule has 0 radical (unpaired) electrons. The summed E-state index contributed by atoms with van der Waals surface area (Å²) in [6.45, 7) is 4.09. The number of phosphoric acid groups is 1. The second-order valence-electron chi connectivity index (χ2n) is 7.17. The van der Waals surface area contributed by atoms with Crippen LogP contribution < -0.4 is 10.5 Å². The number of rotatable bonds is 7. The van der Waals surface area contributed by atoms with E-state index in [2.05, 4.69) is 15.0 Å². The van der Waals surface area contributed by atoms with Gasteiger partial charge < -0.3 is 19.9 Å². The van der Waals surface area contributed by atoms with Crippen molar-refractivity contribution in [3.63, 3.8) is 0 Å². The number of anilines is 1. The van der Waals surface area contributed by atoms with E-state index in [4.69, 9.17) is 33.5 Å². The second-order valence-corrected chi connectivity index (χ2v) is 8.79. The molecule has 2 aromatic rings. The Morgan fingerprint density at radius 1 is 1.41 bits per heavy atom. The maximum Gasteiger partial charge on any atom is 0.475 e. The van der Waals surface area contributed by atoms with Gasteiger partial charge in [-0.05, 0) is 20.8 Å². The molecule has 0 spiro atoms. The van der Waals surface area contributed by atoms with Gasteiger partial charge in [0.25, 0.3) is 0 Å². The highest BCUT2D eigenvalue weighted by Gasteiger charge is 2.61. The lowest BCUT2D eigenvalue weighted by Gasteiger charge is -2.33. The maximum absolute atomic E-state index is 16.0. The molecule has 15 heteroatoms. The molecule has 0 aliphatic carbocycles. The summed E-state index contributed by atoms with van der Waals surface area (Å²) in [6.07, 6.45) is -2.19. The highest BCUT2D eigenvalue weighted by Crippen LogP contribution is 2.59. The van der Waals surface area contributed by atoms with Gasteiger partial charge >= 0.3 is 13.8 Å². The van der Waals surface area contributed by atoms with E-state index in [9.17, 15) is 9.36 Å². The van der Waals surface area contributed by atoms with Crippen molar-refractivity contribution in [2.45, 2.75) is 44.9 Å². The van der Waals surface area contributed by atoms with Gasteiger partial charge in [-0.2, -0.15) is 9.97 Å². The molecule has 0 saturated carbocycles. The predicted molar refractivity (Wildman–Crippen MR) is 105 cm³/mol. The van der Waals surface area contributed by atoms with Crippen molar-refractivity contribution in [3.8, 4) is 5.88 Å². The van der Waals surface area contributed by atoms with Crippen molar-refractivity contribution in [1.29, 1.82) is 0 Å². The molecule has 2 aromatic heterocycles. The van der Waals surface area contributed by atoms with Crippen LogP contribution >= 0.6 is 7.82 Å². The number of hydrogen-bond acceptors (Lipinski definition) is 12. The number of nitrogens with two attached hydrogens (primary N) is 1. The summed E-state index contributed by atoms with van der Waals surface area (Å²) in [5, 5.41) is 0. The quantitative estimate of drug-likeness (QED) is 0.455. The van der Waals surface area contributed by atoms with Gasteiger partial charge in [0, 0.05) is 0 Å². The normalized spacial score (nSPS) is 32.1. The van der Waals surface area contributed by atoms with E-state index in [-0.39, 0.29) is 36.2 Å². The first-order valence-electron chi connectivity index (χ1n) is 9.89. The number of phosphoric ester groups is 1. The van der Waals surface area contributed by atoms with Crippen molar-refractivity contribution in [1.82, 2.24) is 19.5 Å². The predicted octanol–water partition coefficient (Wildman–Crippen LogP) is 1.54. The van der Waals surface area contributed by atoms with E-state index in [1.165, 1.54) is 17.8 Å². The smallest absolute Gasteiger partial charge is 0.475 e. The summed E-state index contributed by atoms with van der Waals surface area (Å²) >= 11 is 0. The number of carbonyl (C=O) groups excluding carboxylic acids is 1. The first kappa shape index (κ1) is 22.8. The Bertz CT molecular complexity index is 1060. The SMILES string of the molecule is CCOC(=O)CO[P@@]1(=O)OC[C@H]2O[C@@H](n3cnc4c(OCC)nc(N)nc43)[C@](C)(F)[C@@H]2O1. The molecule has 13 nitrogen and oxygen atoms in total. The first-order valence-corrected chi connectivity index (χ1v) is 11.3. The number of alkyl halides is 1. The van der Waals surface area contributed by atoms with E-state index < -0.39 is 44.5 Å². The molecule has 4 heterocycles. The van der Waals surface area contributed by atoms with Crippen molar-refractivity contribution >= 4 is 30.9 Å². The molecule has 4 rings (SSSR count). The molecule has 2 aliphatic rings. The Balaban J connectivity index is 1.59. The number of esters is 1. The molecule has 0 bridgehead atoms. The van der Waals surface area contributed by atoms with Gasteiger partial charge in [0.1, 0.15) is 12.2 Å². The topological polar surface area (TPSA) is 159 Å². The van der Waals surface area contributed by atoms with Gasteiger partial charge in [0.05, 0.1) is 26.1 Å². The number of imidazole rings is 1. The Hall–Kier alpha value is -2.38. The number of carbonyl (C=O) groups is 1. The average Bonchev–Trinajstić information content (AvgIpc) is 3.25. The van der Waals surface area contributed by atoms with Crippen molar-refractivity contribution in [2.24, 2.45) is 0 Å². The summed E-state index contributed by atoms with van der Waals surface area (Å²) in [5.74, 6) is -0.691. The molecule has 2 saturated heterocycles. The molecule has 32 heavy (non-hydrogen) atoms. The number of nitrogens with zero attached hydrogens (tertiary/aromatic N) is 4. The minimum absolute atomic E-state index is 0.0878. The lowest BCUT2D eigenvalue weighted by molar-refractivity contribution is -0.147. The summed E-state index contributed by atoms with van der Waals surface area (Å²) in [4.78, 5) is 23.8. The zero-order chi connectivity index (χ0) is 23.1. The summed E-state index contributed by atoms with van der Waals surface area (Å²) in [5.41, 5.74) is 4.02. The number of fused-ring (bicyclic) bond motifs is 2. The third-order valence-electron chi connectivity index (χ3n) is 4.91. The van der Waals surface area contributed by atoms with Gasteiger partial charge in [-0.1, -0.05) is 0 Å². The fourth-order valence-electron chi connectivity index (χ4n) is 3.56. The lowest BCUT2D eigenvalue weighted by Crippen LogP contribution is -2.44. The number of halogens is 1. The molecule has 0 amide bonds. The molecule has 5 atom stereocenters. The Morgan fingerprint density at radius 2 is 2.19 bits per heavy atom. The Kier molecular flexibility index (Phi) is 6.07. The average molecular weight is 475 g/mol. The van der Waals surface area contributed by atoms with Crippen LogP contribution in [0.2, 0.25) is 0 Å². The van der Waals surface area contributed by atoms with Gasteiger partial charge in [0.2, 0.25) is 11.8 Å². The van der Waals surface area contributed by atoms with Crippen LogP contribution in [0.25, 0.3) is 11.2 Å². The van der Waals surface area contributed by atoms with E-state index in [1.54, 1.807) is 13.8 Å². The first-order chi connectivity index (χ1) is 15.2. The van der Waals surface area contributed by atoms with Gasteiger partial charge in [-0.15, -0.1) is 0 Å². The monoisotopic (exact) mass is 475 g/mol.